The molecule has 6 atom stereocenters. The fraction of sp³-hybridized carbons (Fsp3) is 0.714. The molecule has 0 aromatic rings. The van der Waals surface area contributed by atoms with Gasteiger partial charge >= 0.3 is 0 Å². The molecule has 3 aliphatic rings. The van der Waals surface area contributed by atoms with Crippen molar-refractivity contribution in [2.75, 3.05) is 0 Å². The van der Waals surface area contributed by atoms with Crippen LogP contribution in [0.3, 0.4) is 0 Å². The maximum atomic E-state index is 10.1. The largest absolute Gasteiger partial charge is 0.389 e. The summed E-state index contributed by atoms with van der Waals surface area (Å²) in [6.45, 7) is 4.33. The minimum Gasteiger partial charge on any atom is -0.389 e. The van der Waals surface area contributed by atoms with E-state index in [-0.39, 0.29) is 6.10 Å². The third-order valence-electron chi connectivity index (χ3n) is 4.41. The Morgan fingerprint density at radius 1 is 1.35 bits per heavy atom. The number of aliphatic hydroxyl groups excluding tert-OH is 1. The van der Waals surface area contributed by atoms with Crippen LogP contribution < -0.4 is 5.32 Å². The molecule has 0 aromatic carbocycles. The molecule has 0 spiro atoms. The first-order valence-electron chi connectivity index (χ1n) is 6.59. The number of fused-ring (bicyclic) bond motifs is 2. The first-order valence-corrected chi connectivity index (χ1v) is 7.54. The second-order valence-corrected chi connectivity index (χ2v) is 7.02. The number of rotatable bonds is 0. The van der Waals surface area contributed by atoms with Crippen molar-refractivity contribution < 1.29 is 5.11 Å². The maximum Gasteiger partial charge on any atom is 0.0760 e. The number of allylic oxidation sites excluding steroid dienone is 1. The van der Waals surface area contributed by atoms with E-state index in [1.165, 1.54) is 12.0 Å². The number of nitrogens with one attached hydrogen (secondary N) is 1. The zero-order valence-electron chi connectivity index (χ0n) is 10.5. The van der Waals surface area contributed by atoms with Crippen LogP contribution in [0, 0.1) is 5.92 Å². The van der Waals surface area contributed by atoms with Gasteiger partial charge in [0.15, 0.2) is 0 Å². The van der Waals surface area contributed by atoms with Crippen molar-refractivity contribution in [3.8, 4) is 0 Å². The van der Waals surface area contributed by atoms with E-state index in [2.05, 4.69) is 43.1 Å². The quantitative estimate of drug-likeness (QED) is 0.647. The van der Waals surface area contributed by atoms with Crippen LogP contribution in [-0.4, -0.2) is 33.8 Å². The van der Waals surface area contributed by atoms with Gasteiger partial charge in [0, 0.05) is 22.6 Å². The third-order valence-corrected chi connectivity index (χ3v) is 6.30. The van der Waals surface area contributed by atoms with Gasteiger partial charge in [0.2, 0.25) is 0 Å². The van der Waals surface area contributed by atoms with Crippen molar-refractivity contribution in [2.24, 2.45) is 5.92 Å². The lowest BCUT2D eigenvalue weighted by molar-refractivity contribution is 0.140. The number of hydrogen-bond donors (Lipinski definition) is 2. The zero-order valence-corrected chi connectivity index (χ0v) is 11.3. The van der Waals surface area contributed by atoms with Gasteiger partial charge in [0.25, 0.3) is 0 Å². The van der Waals surface area contributed by atoms with Crippen molar-refractivity contribution >= 4 is 11.8 Å². The van der Waals surface area contributed by atoms with Crippen molar-refractivity contribution in [1.82, 2.24) is 5.32 Å². The average Bonchev–Trinajstić information content (AvgIpc) is 2.34. The molecule has 0 amide bonds. The van der Waals surface area contributed by atoms with Gasteiger partial charge in [-0.15, -0.1) is 0 Å². The Balaban J connectivity index is 1.85. The second-order valence-electron chi connectivity index (χ2n) is 5.59. The molecule has 3 rings (SSSR count). The molecule has 1 aliphatic heterocycles. The Kier molecular flexibility index (Phi) is 3.09. The smallest absolute Gasteiger partial charge is 0.0760 e. The monoisotopic (exact) mass is 251 g/mol. The second kappa shape index (κ2) is 4.45. The molecule has 1 saturated heterocycles. The van der Waals surface area contributed by atoms with Gasteiger partial charge in [-0.05, 0) is 25.7 Å². The van der Waals surface area contributed by atoms with Gasteiger partial charge in [-0.3, -0.25) is 0 Å². The van der Waals surface area contributed by atoms with Crippen LogP contribution in [-0.2, 0) is 0 Å². The molecule has 1 fully saturated rings. The van der Waals surface area contributed by atoms with E-state index in [9.17, 15) is 5.11 Å². The molecule has 17 heavy (non-hydrogen) atoms. The van der Waals surface area contributed by atoms with Crippen LogP contribution in [0.15, 0.2) is 23.8 Å². The Morgan fingerprint density at radius 2 is 2.12 bits per heavy atom. The molecule has 2 N–H and O–H groups in total. The van der Waals surface area contributed by atoms with E-state index < -0.39 is 0 Å². The van der Waals surface area contributed by atoms with Crippen molar-refractivity contribution in [3.63, 3.8) is 0 Å². The maximum absolute atomic E-state index is 10.1. The Hall–Kier alpha value is -0.250. The molecule has 1 heterocycles. The highest BCUT2D eigenvalue weighted by Crippen LogP contribution is 2.42. The van der Waals surface area contributed by atoms with E-state index in [1.807, 2.05) is 6.08 Å². The van der Waals surface area contributed by atoms with Crippen molar-refractivity contribution in [3.05, 3.63) is 23.8 Å². The summed E-state index contributed by atoms with van der Waals surface area (Å²) in [5, 5.41) is 15.1. The minimum atomic E-state index is -0.263. The van der Waals surface area contributed by atoms with Crippen LogP contribution in [0.25, 0.3) is 0 Å². The highest BCUT2D eigenvalue weighted by atomic mass is 32.2. The third kappa shape index (κ3) is 1.98. The minimum absolute atomic E-state index is 0.263. The van der Waals surface area contributed by atoms with Gasteiger partial charge in [-0.1, -0.05) is 30.7 Å². The van der Waals surface area contributed by atoms with Crippen molar-refractivity contribution in [2.45, 2.75) is 55.4 Å². The first-order chi connectivity index (χ1) is 8.16. The summed E-state index contributed by atoms with van der Waals surface area (Å²) >= 11 is 2.10. The Labute approximate surface area is 108 Å². The standard InChI is InChI=1S/C14H21NOS/c1-8-7-11(16)9(2)14-13(8)15-10-5-3-4-6-12(10)17-14/h3-4,7,9-16H,5-6H2,1-2H3. The molecule has 2 aliphatic carbocycles. The van der Waals surface area contributed by atoms with Crippen LogP contribution in [0.5, 0.6) is 0 Å². The first kappa shape index (κ1) is 11.8. The van der Waals surface area contributed by atoms with E-state index in [4.69, 9.17) is 0 Å². The predicted molar refractivity (Wildman–Crippen MR) is 73.2 cm³/mol. The Bertz CT molecular complexity index is 365. The van der Waals surface area contributed by atoms with Crippen molar-refractivity contribution in [1.29, 1.82) is 0 Å². The summed E-state index contributed by atoms with van der Waals surface area (Å²) in [6.07, 6.45) is 8.72. The molecular weight excluding hydrogens is 230 g/mol. The number of hydrogen-bond acceptors (Lipinski definition) is 3. The van der Waals surface area contributed by atoms with Crippen LogP contribution >= 0.6 is 11.8 Å². The lowest BCUT2D eigenvalue weighted by Gasteiger charge is -2.48. The fourth-order valence-corrected chi connectivity index (χ4v) is 5.12. The summed E-state index contributed by atoms with van der Waals surface area (Å²) < 4.78 is 0. The highest BCUT2D eigenvalue weighted by Gasteiger charge is 2.43. The normalized spacial score (nSPS) is 49.2. The van der Waals surface area contributed by atoms with Crippen LogP contribution in [0.4, 0.5) is 0 Å². The summed E-state index contributed by atoms with van der Waals surface area (Å²) in [5.74, 6) is 0.355. The predicted octanol–water partition coefficient (Wildman–Crippen LogP) is 2.10. The van der Waals surface area contributed by atoms with E-state index in [1.54, 1.807) is 0 Å². The molecule has 6 unspecified atom stereocenters. The number of aliphatic hydroxyl groups is 1. The zero-order chi connectivity index (χ0) is 12.0. The van der Waals surface area contributed by atoms with Crippen LogP contribution in [0.2, 0.25) is 0 Å². The molecule has 3 heteroatoms. The topological polar surface area (TPSA) is 32.3 Å². The van der Waals surface area contributed by atoms with E-state index >= 15 is 0 Å². The SMILES string of the molecule is CC1=CC(O)C(C)C2SC3CC=CCC3NC12. The molecule has 0 saturated carbocycles. The van der Waals surface area contributed by atoms with Gasteiger partial charge < -0.3 is 10.4 Å². The molecule has 94 valence electrons. The summed E-state index contributed by atoms with van der Waals surface area (Å²) in [4.78, 5) is 0. The van der Waals surface area contributed by atoms with Gasteiger partial charge in [0.1, 0.15) is 0 Å². The van der Waals surface area contributed by atoms with Gasteiger partial charge in [-0.2, -0.15) is 11.8 Å². The summed E-state index contributed by atoms with van der Waals surface area (Å²) in [7, 11) is 0. The number of thioether (sulfide) groups is 1. The van der Waals surface area contributed by atoms with Gasteiger partial charge in [-0.25, -0.2) is 0 Å². The average molecular weight is 251 g/mol. The molecule has 0 bridgehead atoms. The lowest BCUT2D eigenvalue weighted by Crippen LogP contribution is -2.59. The Morgan fingerprint density at radius 3 is 2.94 bits per heavy atom. The fourth-order valence-electron chi connectivity index (χ4n) is 3.26. The molecule has 2 nitrogen and oxygen atoms in total. The van der Waals surface area contributed by atoms with Crippen LogP contribution in [0.1, 0.15) is 26.7 Å². The summed E-state index contributed by atoms with van der Waals surface area (Å²) in [6, 6.07) is 1.09. The molecule has 0 radical (unpaired) electrons. The lowest BCUT2D eigenvalue weighted by atomic mass is 9.83. The van der Waals surface area contributed by atoms with Gasteiger partial charge in [0.05, 0.1) is 6.10 Å². The molecule has 0 aromatic heterocycles. The highest BCUT2D eigenvalue weighted by molar-refractivity contribution is 8.00. The van der Waals surface area contributed by atoms with E-state index in [0.717, 1.165) is 6.42 Å². The summed E-state index contributed by atoms with van der Waals surface area (Å²) in [5.41, 5.74) is 1.32. The van der Waals surface area contributed by atoms with E-state index in [0.29, 0.717) is 28.5 Å². The molecular formula is C14H21NOS.